The zero-order valence-corrected chi connectivity index (χ0v) is 15.3. The summed E-state index contributed by atoms with van der Waals surface area (Å²) in [6.45, 7) is 4.64. The molecule has 0 aliphatic heterocycles. The number of aryl methyl sites for hydroxylation is 2. The first-order chi connectivity index (χ1) is 13.0. The van der Waals surface area contributed by atoms with Gasteiger partial charge in [-0.05, 0) is 61.2 Å². The fourth-order valence-electron chi connectivity index (χ4n) is 2.53. The summed E-state index contributed by atoms with van der Waals surface area (Å²) in [6, 6.07) is 12.1. The number of hydrogen-bond acceptors (Lipinski definition) is 4. The van der Waals surface area contributed by atoms with E-state index in [1.54, 1.807) is 12.1 Å². The average molecular weight is 364 g/mol. The smallest absolute Gasteiger partial charge is 0.258 e. The van der Waals surface area contributed by atoms with Gasteiger partial charge in [-0.2, -0.15) is 0 Å². The quantitative estimate of drug-likeness (QED) is 0.690. The van der Waals surface area contributed by atoms with Crippen molar-refractivity contribution in [2.75, 3.05) is 17.2 Å². The van der Waals surface area contributed by atoms with Crippen molar-refractivity contribution in [3.05, 3.63) is 82.9 Å². The Morgan fingerprint density at radius 2 is 1.70 bits per heavy atom. The summed E-state index contributed by atoms with van der Waals surface area (Å²) < 4.78 is 12.9. The van der Waals surface area contributed by atoms with E-state index >= 15 is 0 Å². The molecule has 0 aliphatic carbocycles. The molecule has 6 heteroatoms. The van der Waals surface area contributed by atoms with E-state index in [1.807, 2.05) is 32.0 Å². The molecule has 0 aliphatic rings. The molecule has 1 aromatic heterocycles. The molecule has 0 bridgehead atoms. The lowest BCUT2D eigenvalue weighted by Crippen LogP contribution is -2.14. The van der Waals surface area contributed by atoms with Gasteiger partial charge >= 0.3 is 0 Å². The van der Waals surface area contributed by atoms with Gasteiger partial charge in [0.1, 0.15) is 5.82 Å². The van der Waals surface area contributed by atoms with Crippen LogP contribution in [0.1, 0.15) is 27.0 Å². The minimum atomic E-state index is -0.254. The van der Waals surface area contributed by atoms with E-state index in [1.165, 1.54) is 30.1 Å². The van der Waals surface area contributed by atoms with Crippen LogP contribution in [0.3, 0.4) is 0 Å². The molecule has 0 saturated carbocycles. The molecule has 0 spiro atoms. The number of carbonyl (C=O) groups excluding carboxylic acids is 1. The molecule has 27 heavy (non-hydrogen) atoms. The average Bonchev–Trinajstić information content (AvgIpc) is 2.67. The number of amides is 1. The molecule has 0 saturated heterocycles. The third-order valence-corrected chi connectivity index (χ3v) is 4.29. The van der Waals surface area contributed by atoms with E-state index in [0.717, 1.165) is 23.2 Å². The monoisotopic (exact) mass is 364 g/mol. The van der Waals surface area contributed by atoms with Crippen molar-refractivity contribution < 1.29 is 9.18 Å². The standard InChI is InChI=1S/C21H21FN4O/c1-14-3-8-19(11-15(14)2)26-20(27)17-12-24-21(25-13-17)23-10-9-16-4-6-18(22)7-5-16/h3-8,11-13H,9-10H2,1-2H3,(H,26,27)(H,23,24,25). The van der Waals surface area contributed by atoms with Crippen LogP contribution < -0.4 is 10.6 Å². The van der Waals surface area contributed by atoms with E-state index in [4.69, 9.17) is 0 Å². The van der Waals surface area contributed by atoms with Crippen LogP contribution in [0.4, 0.5) is 16.0 Å². The summed E-state index contributed by atoms with van der Waals surface area (Å²) in [5.74, 6) is -0.0549. The Labute approximate surface area is 157 Å². The third kappa shape index (κ3) is 5.10. The van der Waals surface area contributed by atoms with Crippen molar-refractivity contribution in [2.45, 2.75) is 20.3 Å². The highest BCUT2D eigenvalue weighted by molar-refractivity contribution is 6.03. The van der Waals surface area contributed by atoms with Gasteiger partial charge in [0.2, 0.25) is 5.95 Å². The first-order valence-corrected chi connectivity index (χ1v) is 8.70. The van der Waals surface area contributed by atoms with Gasteiger partial charge < -0.3 is 10.6 Å². The zero-order chi connectivity index (χ0) is 19.2. The summed E-state index contributed by atoms with van der Waals surface area (Å²) in [4.78, 5) is 20.7. The molecule has 5 nitrogen and oxygen atoms in total. The van der Waals surface area contributed by atoms with Crippen molar-refractivity contribution in [3.8, 4) is 0 Å². The second-order valence-electron chi connectivity index (χ2n) is 6.35. The predicted molar refractivity (Wildman–Crippen MR) is 104 cm³/mol. The fraction of sp³-hybridized carbons (Fsp3) is 0.190. The molecule has 1 amide bonds. The topological polar surface area (TPSA) is 66.9 Å². The maximum absolute atomic E-state index is 12.9. The van der Waals surface area contributed by atoms with Crippen LogP contribution >= 0.6 is 0 Å². The molecule has 1 heterocycles. The zero-order valence-electron chi connectivity index (χ0n) is 15.3. The van der Waals surface area contributed by atoms with Gasteiger partial charge in [0.25, 0.3) is 5.91 Å². The number of anilines is 2. The first-order valence-electron chi connectivity index (χ1n) is 8.70. The number of nitrogens with zero attached hydrogens (tertiary/aromatic N) is 2. The van der Waals surface area contributed by atoms with Gasteiger partial charge in [0.05, 0.1) is 5.56 Å². The van der Waals surface area contributed by atoms with Crippen molar-refractivity contribution in [2.24, 2.45) is 0 Å². The minimum absolute atomic E-state index is 0.246. The Kier molecular flexibility index (Phi) is 5.76. The number of carbonyl (C=O) groups is 1. The number of aromatic nitrogens is 2. The highest BCUT2D eigenvalue weighted by atomic mass is 19.1. The molecule has 3 rings (SSSR count). The fourth-order valence-corrected chi connectivity index (χ4v) is 2.53. The van der Waals surface area contributed by atoms with Crippen molar-refractivity contribution in [1.29, 1.82) is 0 Å². The van der Waals surface area contributed by atoms with Crippen LogP contribution in [0, 0.1) is 19.7 Å². The summed E-state index contributed by atoms with van der Waals surface area (Å²) in [5, 5.41) is 5.93. The molecule has 0 unspecified atom stereocenters. The Hall–Kier alpha value is -3.28. The van der Waals surface area contributed by atoms with E-state index in [9.17, 15) is 9.18 Å². The SMILES string of the molecule is Cc1ccc(NC(=O)c2cnc(NCCc3ccc(F)cc3)nc2)cc1C. The van der Waals surface area contributed by atoms with E-state index in [-0.39, 0.29) is 11.7 Å². The Bertz CT molecular complexity index is 924. The van der Waals surface area contributed by atoms with Gasteiger partial charge in [0.15, 0.2) is 0 Å². The summed E-state index contributed by atoms with van der Waals surface area (Å²) in [6.07, 6.45) is 3.70. The molecule has 3 aromatic rings. The molecule has 0 atom stereocenters. The van der Waals surface area contributed by atoms with Gasteiger partial charge in [-0.1, -0.05) is 18.2 Å². The highest BCUT2D eigenvalue weighted by Gasteiger charge is 2.08. The number of benzene rings is 2. The molecule has 0 fully saturated rings. The molecular weight excluding hydrogens is 343 g/mol. The Balaban J connectivity index is 1.53. The van der Waals surface area contributed by atoms with Crippen LogP contribution in [0.2, 0.25) is 0 Å². The van der Waals surface area contributed by atoms with Gasteiger partial charge in [-0.15, -0.1) is 0 Å². The lowest BCUT2D eigenvalue weighted by atomic mass is 10.1. The maximum atomic E-state index is 12.9. The summed E-state index contributed by atoms with van der Waals surface area (Å²) >= 11 is 0. The lowest BCUT2D eigenvalue weighted by molar-refractivity contribution is 0.102. The van der Waals surface area contributed by atoms with Crippen molar-refractivity contribution in [3.63, 3.8) is 0 Å². The number of rotatable bonds is 6. The lowest BCUT2D eigenvalue weighted by Gasteiger charge is -2.08. The normalized spacial score (nSPS) is 10.5. The Morgan fingerprint density at radius 1 is 1.00 bits per heavy atom. The van der Waals surface area contributed by atoms with Crippen LogP contribution in [0.5, 0.6) is 0 Å². The summed E-state index contributed by atoms with van der Waals surface area (Å²) in [5.41, 5.74) is 4.44. The predicted octanol–water partition coefficient (Wildman–Crippen LogP) is 4.14. The van der Waals surface area contributed by atoms with Crippen LogP contribution in [0.15, 0.2) is 54.9 Å². The maximum Gasteiger partial charge on any atom is 0.258 e. The summed E-state index contributed by atoms with van der Waals surface area (Å²) in [7, 11) is 0. The molecule has 2 N–H and O–H groups in total. The molecule has 138 valence electrons. The van der Waals surface area contributed by atoms with E-state index < -0.39 is 0 Å². The number of nitrogens with one attached hydrogen (secondary N) is 2. The second kappa shape index (κ2) is 8.40. The minimum Gasteiger partial charge on any atom is -0.354 e. The van der Waals surface area contributed by atoms with E-state index in [0.29, 0.717) is 18.1 Å². The molecular formula is C21H21FN4O. The largest absolute Gasteiger partial charge is 0.354 e. The Morgan fingerprint density at radius 3 is 2.37 bits per heavy atom. The van der Waals surface area contributed by atoms with Crippen LogP contribution in [-0.4, -0.2) is 22.4 Å². The molecule has 0 radical (unpaired) electrons. The van der Waals surface area contributed by atoms with Crippen LogP contribution in [-0.2, 0) is 6.42 Å². The second-order valence-corrected chi connectivity index (χ2v) is 6.35. The third-order valence-electron chi connectivity index (χ3n) is 4.29. The van der Waals surface area contributed by atoms with Gasteiger partial charge in [-0.3, -0.25) is 4.79 Å². The number of halogens is 1. The van der Waals surface area contributed by atoms with Crippen molar-refractivity contribution >= 4 is 17.5 Å². The molecule has 2 aromatic carbocycles. The van der Waals surface area contributed by atoms with Gasteiger partial charge in [0, 0.05) is 24.6 Å². The van der Waals surface area contributed by atoms with E-state index in [2.05, 4.69) is 20.6 Å². The first kappa shape index (κ1) is 18.5. The highest BCUT2D eigenvalue weighted by Crippen LogP contribution is 2.15. The van der Waals surface area contributed by atoms with Crippen molar-refractivity contribution in [1.82, 2.24) is 9.97 Å². The number of hydrogen-bond donors (Lipinski definition) is 2. The van der Waals surface area contributed by atoms with Gasteiger partial charge in [-0.25, -0.2) is 14.4 Å². The van der Waals surface area contributed by atoms with Crippen LogP contribution in [0.25, 0.3) is 0 Å².